The summed E-state index contributed by atoms with van der Waals surface area (Å²) in [4.78, 5) is 49.0. The van der Waals surface area contributed by atoms with E-state index in [-0.39, 0.29) is 5.91 Å². The third-order valence-electron chi connectivity index (χ3n) is 3.89. The van der Waals surface area contributed by atoms with Gasteiger partial charge in [0.1, 0.15) is 5.57 Å². The Morgan fingerprint density at radius 3 is 2.42 bits per heavy atom. The second-order valence-corrected chi connectivity index (χ2v) is 5.56. The molecule has 1 aliphatic heterocycles. The van der Waals surface area contributed by atoms with Gasteiger partial charge < -0.3 is 10.0 Å². The number of ketones is 1. The van der Waals surface area contributed by atoms with Crippen LogP contribution >= 0.6 is 0 Å². The summed E-state index contributed by atoms with van der Waals surface area (Å²) in [5, 5.41) is 9.11. The molecular formula is C17H18N2O5. The molecule has 1 aromatic rings. The molecule has 1 N–H and O–H groups in total. The molecule has 0 saturated heterocycles. The van der Waals surface area contributed by atoms with Crippen molar-refractivity contribution in [3.05, 3.63) is 35.5 Å². The lowest BCUT2D eigenvalue weighted by molar-refractivity contribution is -0.134. The molecule has 1 heterocycles. The number of aryl methyl sites for hydroxylation is 1. The van der Waals surface area contributed by atoms with Gasteiger partial charge in [0.15, 0.2) is 5.78 Å². The SMILES string of the molecule is CC(=O)/C(=C\N(C(C)=O)c1ccc2c(c1)CCC(=O)N2C)C(=O)O. The number of benzene rings is 1. The normalized spacial score (nSPS) is 14.2. The summed E-state index contributed by atoms with van der Waals surface area (Å²) in [6.45, 7) is 2.41. The van der Waals surface area contributed by atoms with Crippen LogP contribution in [0.4, 0.5) is 11.4 Å². The van der Waals surface area contributed by atoms with Gasteiger partial charge in [0.25, 0.3) is 0 Å². The zero-order valence-electron chi connectivity index (χ0n) is 13.7. The summed E-state index contributed by atoms with van der Waals surface area (Å²) in [6, 6.07) is 5.06. The number of fused-ring (bicyclic) bond motifs is 1. The lowest BCUT2D eigenvalue weighted by Crippen LogP contribution is -2.31. The molecule has 0 fully saturated rings. The molecule has 0 bridgehead atoms. The van der Waals surface area contributed by atoms with Crippen molar-refractivity contribution in [1.29, 1.82) is 0 Å². The molecule has 1 aromatic carbocycles. The monoisotopic (exact) mass is 330 g/mol. The quantitative estimate of drug-likeness (QED) is 0.513. The first-order chi connectivity index (χ1) is 11.2. The van der Waals surface area contributed by atoms with E-state index in [1.807, 2.05) is 0 Å². The van der Waals surface area contributed by atoms with Gasteiger partial charge in [-0.2, -0.15) is 0 Å². The van der Waals surface area contributed by atoms with Crippen molar-refractivity contribution in [3.8, 4) is 0 Å². The highest BCUT2D eigenvalue weighted by molar-refractivity contribution is 6.16. The minimum Gasteiger partial charge on any atom is -0.478 e. The van der Waals surface area contributed by atoms with Gasteiger partial charge in [-0.25, -0.2) is 4.79 Å². The summed E-state index contributed by atoms with van der Waals surface area (Å²) in [7, 11) is 1.68. The zero-order valence-corrected chi connectivity index (χ0v) is 13.7. The number of carbonyl (C=O) groups excluding carboxylic acids is 3. The zero-order chi connectivity index (χ0) is 18.0. The number of anilines is 2. The van der Waals surface area contributed by atoms with Gasteiger partial charge in [-0.05, 0) is 37.1 Å². The smallest absolute Gasteiger partial charge is 0.340 e. The topological polar surface area (TPSA) is 95.0 Å². The molecule has 24 heavy (non-hydrogen) atoms. The lowest BCUT2D eigenvalue weighted by Gasteiger charge is -2.27. The standard InChI is InChI=1S/C17H18N2O5/c1-10(20)14(17(23)24)9-19(11(2)21)13-5-6-15-12(8-13)4-7-16(22)18(15)3/h5-6,8-9H,4,7H2,1-3H3,(H,23,24)/b14-9+. The average molecular weight is 330 g/mol. The first-order valence-electron chi connectivity index (χ1n) is 7.37. The van der Waals surface area contributed by atoms with E-state index in [2.05, 4.69) is 0 Å². The van der Waals surface area contributed by atoms with Crippen LogP contribution in [0.15, 0.2) is 30.0 Å². The molecule has 0 atom stereocenters. The Morgan fingerprint density at radius 2 is 1.88 bits per heavy atom. The van der Waals surface area contributed by atoms with Gasteiger partial charge in [0.2, 0.25) is 11.8 Å². The van der Waals surface area contributed by atoms with Crippen molar-refractivity contribution in [2.45, 2.75) is 26.7 Å². The van der Waals surface area contributed by atoms with Crippen LogP contribution in [0.1, 0.15) is 25.8 Å². The van der Waals surface area contributed by atoms with Crippen LogP contribution in [-0.4, -0.2) is 35.7 Å². The molecule has 1 aliphatic rings. The third-order valence-corrected chi connectivity index (χ3v) is 3.89. The maximum absolute atomic E-state index is 11.9. The van der Waals surface area contributed by atoms with Gasteiger partial charge in [0, 0.05) is 38.0 Å². The molecular weight excluding hydrogens is 312 g/mol. The molecule has 0 unspecified atom stereocenters. The number of carboxylic acids is 1. The number of hydrogen-bond donors (Lipinski definition) is 1. The molecule has 7 nitrogen and oxygen atoms in total. The van der Waals surface area contributed by atoms with Crippen LogP contribution in [0.5, 0.6) is 0 Å². The number of aliphatic carboxylic acids is 1. The predicted octanol–water partition coefficient (Wildman–Crippen LogP) is 1.51. The van der Waals surface area contributed by atoms with E-state index in [1.165, 1.54) is 6.92 Å². The Hall–Kier alpha value is -2.96. The van der Waals surface area contributed by atoms with Crippen molar-refractivity contribution in [2.24, 2.45) is 0 Å². The molecule has 7 heteroatoms. The van der Waals surface area contributed by atoms with Gasteiger partial charge in [0.05, 0.1) is 0 Å². The fraction of sp³-hybridized carbons (Fsp3) is 0.294. The summed E-state index contributed by atoms with van der Waals surface area (Å²) in [5.41, 5.74) is 1.61. The third kappa shape index (κ3) is 3.34. The second kappa shape index (κ2) is 6.66. The van der Waals surface area contributed by atoms with Crippen molar-refractivity contribution in [2.75, 3.05) is 16.8 Å². The van der Waals surface area contributed by atoms with Gasteiger partial charge >= 0.3 is 5.97 Å². The summed E-state index contributed by atoms with van der Waals surface area (Å²) < 4.78 is 0. The Morgan fingerprint density at radius 1 is 1.21 bits per heavy atom. The Kier molecular flexibility index (Phi) is 4.82. The lowest BCUT2D eigenvalue weighted by atomic mass is 10.0. The highest BCUT2D eigenvalue weighted by atomic mass is 16.4. The van der Waals surface area contributed by atoms with E-state index < -0.39 is 23.2 Å². The van der Waals surface area contributed by atoms with Crippen molar-refractivity contribution >= 4 is 34.9 Å². The Bertz CT molecular complexity index is 750. The number of carboxylic acid groups (broad SMARTS) is 1. The number of amides is 2. The number of hydrogen-bond acceptors (Lipinski definition) is 4. The molecule has 2 amide bonds. The molecule has 0 aliphatic carbocycles. The first-order valence-corrected chi connectivity index (χ1v) is 7.37. The predicted molar refractivity (Wildman–Crippen MR) is 87.7 cm³/mol. The van der Waals surface area contributed by atoms with E-state index in [0.29, 0.717) is 18.5 Å². The van der Waals surface area contributed by atoms with Gasteiger partial charge in [-0.1, -0.05) is 0 Å². The molecule has 0 saturated carbocycles. The van der Waals surface area contributed by atoms with Crippen LogP contribution < -0.4 is 9.80 Å². The van der Waals surface area contributed by atoms with Gasteiger partial charge in [-0.15, -0.1) is 0 Å². The minimum atomic E-state index is -1.39. The van der Waals surface area contributed by atoms with Crippen molar-refractivity contribution < 1.29 is 24.3 Å². The second-order valence-electron chi connectivity index (χ2n) is 5.56. The van der Waals surface area contributed by atoms with Crippen LogP contribution in [0, 0.1) is 0 Å². The van der Waals surface area contributed by atoms with Crippen LogP contribution in [0.2, 0.25) is 0 Å². The number of nitrogens with zero attached hydrogens (tertiary/aromatic N) is 2. The van der Waals surface area contributed by atoms with E-state index in [9.17, 15) is 19.2 Å². The van der Waals surface area contributed by atoms with Crippen LogP contribution in [0.25, 0.3) is 0 Å². The van der Waals surface area contributed by atoms with Crippen molar-refractivity contribution in [3.63, 3.8) is 0 Å². The van der Waals surface area contributed by atoms with E-state index in [4.69, 9.17) is 5.11 Å². The maximum Gasteiger partial charge on any atom is 0.340 e. The summed E-state index contributed by atoms with van der Waals surface area (Å²) in [6.07, 6.45) is 1.95. The first kappa shape index (κ1) is 17.4. The Balaban J connectivity index is 2.49. The molecule has 0 spiro atoms. The maximum atomic E-state index is 11.9. The van der Waals surface area contributed by atoms with Gasteiger partial charge in [-0.3, -0.25) is 19.3 Å². The molecule has 2 rings (SSSR count). The van der Waals surface area contributed by atoms with Crippen LogP contribution in [0.3, 0.4) is 0 Å². The van der Waals surface area contributed by atoms with Crippen LogP contribution in [-0.2, 0) is 25.6 Å². The molecule has 0 radical (unpaired) electrons. The average Bonchev–Trinajstić information content (AvgIpc) is 2.50. The fourth-order valence-corrected chi connectivity index (χ4v) is 2.57. The summed E-state index contributed by atoms with van der Waals surface area (Å²) in [5.74, 6) is -2.44. The minimum absolute atomic E-state index is 0.0170. The highest BCUT2D eigenvalue weighted by Gasteiger charge is 2.23. The van der Waals surface area contributed by atoms with E-state index >= 15 is 0 Å². The highest BCUT2D eigenvalue weighted by Crippen LogP contribution is 2.31. The summed E-state index contributed by atoms with van der Waals surface area (Å²) >= 11 is 0. The van der Waals surface area contributed by atoms with Crippen molar-refractivity contribution in [1.82, 2.24) is 0 Å². The van der Waals surface area contributed by atoms with E-state index in [0.717, 1.165) is 29.3 Å². The Labute approximate surface area is 139 Å². The number of rotatable bonds is 4. The fourth-order valence-electron chi connectivity index (χ4n) is 2.57. The largest absolute Gasteiger partial charge is 0.478 e. The molecule has 0 aromatic heterocycles. The number of carbonyl (C=O) groups is 4. The number of Topliss-reactive ketones (excluding diaryl/α,β-unsaturated/α-hetero) is 1. The molecule has 126 valence electrons. The van der Waals surface area contributed by atoms with E-state index in [1.54, 1.807) is 30.1 Å².